The minimum atomic E-state index is -3.35. The molecule has 2 aromatic rings. The molecule has 0 bridgehead atoms. The summed E-state index contributed by atoms with van der Waals surface area (Å²) in [5, 5.41) is 9.45. The van der Waals surface area contributed by atoms with Crippen LogP contribution in [0.1, 0.15) is 17.0 Å². The molecule has 114 valence electrons. The molecule has 0 fully saturated rings. The van der Waals surface area contributed by atoms with E-state index in [1.165, 1.54) is 6.33 Å². The van der Waals surface area contributed by atoms with E-state index in [-0.39, 0.29) is 5.75 Å². The van der Waals surface area contributed by atoms with Crippen molar-refractivity contribution in [1.29, 1.82) is 0 Å². The fraction of sp³-hybridized carbons (Fsp3) is 0.385. The molecular weight excluding hydrogens is 290 g/mol. The monoisotopic (exact) mass is 309 g/mol. The van der Waals surface area contributed by atoms with Crippen molar-refractivity contribution < 1.29 is 8.42 Å². The van der Waals surface area contributed by atoms with Crippen LogP contribution in [0.4, 0.5) is 0 Å². The van der Waals surface area contributed by atoms with Crippen LogP contribution < -0.4 is 10.0 Å². The molecule has 0 spiro atoms. The molecule has 0 aliphatic carbocycles. The van der Waals surface area contributed by atoms with Crippen LogP contribution in [0, 0.1) is 0 Å². The molecule has 0 saturated heterocycles. The molecule has 0 aliphatic heterocycles. The molecule has 3 N–H and O–H groups in total. The van der Waals surface area contributed by atoms with Crippen LogP contribution in [0.2, 0.25) is 0 Å². The first kappa shape index (κ1) is 15.6. The fourth-order valence-electron chi connectivity index (χ4n) is 1.98. The molecule has 0 atom stereocenters. The van der Waals surface area contributed by atoms with Gasteiger partial charge in [-0.25, -0.2) is 18.1 Å². The quantitative estimate of drug-likeness (QED) is 0.646. The Hall–Kier alpha value is -1.77. The van der Waals surface area contributed by atoms with Crippen LogP contribution in [0.3, 0.4) is 0 Å². The van der Waals surface area contributed by atoms with Crippen LogP contribution in [0.25, 0.3) is 0 Å². The normalized spacial score (nSPS) is 11.7. The Morgan fingerprint density at radius 3 is 2.81 bits per heavy atom. The van der Waals surface area contributed by atoms with Crippen molar-refractivity contribution in [2.24, 2.45) is 0 Å². The number of nitrogens with zero attached hydrogens (tertiary/aromatic N) is 2. The Kier molecular flexibility index (Phi) is 5.43. The molecule has 0 aliphatic rings. The first-order valence-corrected chi connectivity index (χ1v) is 8.28. The van der Waals surface area contributed by atoms with Crippen LogP contribution in [-0.4, -0.2) is 37.2 Å². The van der Waals surface area contributed by atoms with Gasteiger partial charge in [0, 0.05) is 19.5 Å². The highest BCUT2D eigenvalue weighted by atomic mass is 32.2. The van der Waals surface area contributed by atoms with Gasteiger partial charge in [-0.3, -0.25) is 5.10 Å². The number of aromatic nitrogens is 3. The van der Waals surface area contributed by atoms with E-state index in [9.17, 15) is 8.42 Å². The van der Waals surface area contributed by atoms with Crippen molar-refractivity contribution in [2.75, 3.05) is 13.6 Å². The highest BCUT2D eigenvalue weighted by Crippen LogP contribution is 2.08. The van der Waals surface area contributed by atoms with Crippen molar-refractivity contribution in [3.8, 4) is 0 Å². The lowest BCUT2D eigenvalue weighted by atomic mass is 10.1. The van der Waals surface area contributed by atoms with Gasteiger partial charge in [0.05, 0.1) is 5.75 Å². The van der Waals surface area contributed by atoms with Crippen molar-refractivity contribution in [2.45, 2.75) is 18.7 Å². The Bertz CT molecular complexity index is 655. The summed E-state index contributed by atoms with van der Waals surface area (Å²) < 4.78 is 26.6. The number of rotatable bonds is 8. The molecule has 1 aromatic heterocycles. The fourth-order valence-corrected chi connectivity index (χ4v) is 3.11. The molecule has 0 unspecified atom stereocenters. The number of hydrogen-bond acceptors (Lipinski definition) is 5. The molecule has 0 saturated carbocycles. The summed E-state index contributed by atoms with van der Waals surface area (Å²) in [5.41, 5.74) is 1.83. The molecule has 1 aromatic carbocycles. The molecular formula is C13H19N5O2S. The van der Waals surface area contributed by atoms with E-state index in [1.54, 1.807) is 0 Å². The summed E-state index contributed by atoms with van der Waals surface area (Å²) in [6, 6.07) is 7.54. The molecule has 7 nitrogen and oxygen atoms in total. The van der Waals surface area contributed by atoms with E-state index in [0.717, 1.165) is 11.1 Å². The highest BCUT2D eigenvalue weighted by Gasteiger charge is 2.11. The van der Waals surface area contributed by atoms with Gasteiger partial charge in [0.1, 0.15) is 12.2 Å². The van der Waals surface area contributed by atoms with Crippen LogP contribution in [0.15, 0.2) is 30.6 Å². The number of nitrogens with one attached hydrogen (secondary N) is 3. The maximum Gasteiger partial charge on any atom is 0.215 e. The van der Waals surface area contributed by atoms with E-state index >= 15 is 0 Å². The van der Waals surface area contributed by atoms with E-state index in [4.69, 9.17) is 0 Å². The number of H-pyrrole nitrogens is 1. The summed E-state index contributed by atoms with van der Waals surface area (Å²) in [6.07, 6.45) is 1.89. The number of benzene rings is 1. The third-order valence-corrected chi connectivity index (χ3v) is 4.23. The third kappa shape index (κ3) is 5.25. The Morgan fingerprint density at radius 2 is 2.10 bits per heavy atom. The number of sulfonamides is 1. The highest BCUT2D eigenvalue weighted by molar-refractivity contribution is 7.88. The molecule has 8 heteroatoms. The topological polar surface area (TPSA) is 99.8 Å². The second-order valence-corrected chi connectivity index (χ2v) is 6.49. The van der Waals surface area contributed by atoms with Gasteiger partial charge in [-0.2, -0.15) is 5.10 Å². The molecule has 2 rings (SSSR count). The Balaban J connectivity index is 1.89. The Labute approximate surface area is 124 Å². The minimum absolute atomic E-state index is 0.0268. The third-order valence-electron chi connectivity index (χ3n) is 2.88. The maximum atomic E-state index is 12.0. The van der Waals surface area contributed by atoms with Gasteiger partial charge in [-0.15, -0.1) is 0 Å². The maximum absolute atomic E-state index is 12.0. The first-order chi connectivity index (χ1) is 10.1. The first-order valence-electron chi connectivity index (χ1n) is 6.63. The van der Waals surface area contributed by atoms with Gasteiger partial charge in [-0.1, -0.05) is 24.3 Å². The van der Waals surface area contributed by atoms with E-state index in [1.807, 2.05) is 31.3 Å². The number of hydrogen-bond donors (Lipinski definition) is 3. The average Bonchev–Trinajstić information content (AvgIpc) is 2.92. The average molecular weight is 309 g/mol. The minimum Gasteiger partial charge on any atom is -0.316 e. The van der Waals surface area contributed by atoms with Gasteiger partial charge >= 0.3 is 0 Å². The summed E-state index contributed by atoms with van der Waals surface area (Å²) in [7, 11) is -1.50. The molecule has 21 heavy (non-hydrogen) atoms. The second kappa shape index (κ2) is 7.30. The lowest BCUT2D eigenvalue weighted by Gasteiger charge is -2.07. The van der Waals surface area contributed by atoms with Crippen molar-refractivity contribution in [3.63, 3.8) is 0 Å². The van der Waals surface area contributed by atoms with Gasteiger partial charge in [0.25, 0.3) is 0 Å². The molecule has 0 amide bonds. The lowest BCUT2D eigenvalue weighted by molar-refractivity contribution is 0.580. The summed E-state index contributed by atoms with van der Waals surface area (Å²) in [6.45, 7) is 1.01. The van der Waals surface area contributed by atoms with Gasteiger partial charge < -0.3 is 5.32 Å². The molecule has 1 heterocycles. The van der Waals surface area contributed by atoms with Crippen LogP contribution >= 0.6 is 0 Å². The summed E-state index contributed by atoms with van der Waals surface area (Å²) >= 11 is 0. The standard InChI is InChI=1S/C13H19N5O2S/c1-14-8-11-3-2-4-12(7-11)9-21(19,20)17-6-5-13-15-10-16-18-13/h2-4,7,10,14,17H,5-6,8-9H2,1H3,(H,15,16,18). The predicted molar refractivity (Wildman–Crippen MR) is 79.9 cm³/mol. The largest absolute Gasteiger partial charge is 0.316 e. The summed E-state index contributed by atoms with van der Waals surface area (Å²) in [4.78, 5) is 3.94. The second-order valence-electron chi connectivity index (χ2n) is 4.69. The van der Waals surface area contributed by atoms with Crippen molar-refractivity contribution in [3.05, 3.63) is 47.5 Å². The summed E-state index contributed by atoms with van der Waals surface area (Å²) in [5.74, 6) is 0.634. The lowest BCUT2D eigenvalue weighted by Crippen LogP contribution is -2.27. The van der Waals surface area contributed by atoms with Crippen LogP contribution in [-0.2, 0) is 28.7 Å². The van der Waals surface area contributed by atoms with E-state index < -0.39 is 10.0 Å². The zero-order valence-electron chi connectivity index (χ0n) is 11.8. The molecule has 0 radical (unpaired) electrons. The van der Waals surface area contributed by atoms with E-state index in [2.05, 4.69) is 25.2 Å². The zero-order chi connectivity index (χ0) is 15.1. The van der Waals surface area contributed by atoms with Gasteiger partial charge in [-0.05, 0) is 18.2 Å². The van der Waals surface area contributed by atoms with Gasteiger partial charge in [0.15, 0.2) is 0 Å². The van der Waals surface area contributed by atoms with Crippen LogP contribution in [0.5, 0.6) is 0 Å². The predicted octanol–water partition coefficient (Wildman–Crippen LogP) is 0.186. The smallest absolute Gasteiger partial charge is 0.215 e. The van der Waals surface area contributed by atoms with Crippen molar-refractivity contribution in [1.82, 2.24) is 25.2 Å². The SMILES string of the molecule is CNCc1cccc(CS(=O)(=O)NCCc2ncn[nH]2)c1. The van der Waals surface area contributed by atoms with Gasteiger partial charge in [0.2, 0.25) is 10.0 Å². The number of aromatic amines is 1. The Morgan fingerprint density at radius 1 is 1.29 bits per heavy atom. The zero-order valence-corrected chi connectivity index (χ0v) is 12.7. The van der Waals surface area contributed by atoms with Crippen molar-refractivity contribution >= 4 is 10.0 Å². The van der Waals surface area contributed by atoms with E-state index in [0.29, 0.717) is 25.3 Å².